The molecule has 1 heterocycles. The van der Waals surface area contributed by atoms with E-state index in [0.717, 1.165) is 11.1 Å². The van der Waals surface area contributed by atoms with E-state index in [1.165, 1.54) is 12.1 Å². The molecule has 27 heavy (non-hydrogen) atoms. The van der Waals surface area contributed by atoms with Crippen LogP contribution < -0.4 is 4.72 Å². The van der Waals surface area contributed by atoms with Crippen molar-refractivity contribution in [3.63, 3.8) is 0 Å². The summed E-state index contributed by atoms with van der Waals surface area (Å²) in [5, 5.41) is 1.04. The average molecular weight is 442 g/mol. The van der Waals surface area contributed by atoms with Gasteiger partial charge in [0.15, 0.2) is 0 Å². The Morgan fingerprint density at radius 1 is 0.852 bits per heavy atom. The van der Waals surface area contributed by atoms with Gasteiger partial charge in [-0.25, -0.2) is 13.4 Å². The van der Waals surface area contributed by atoms with Crippen LogP contribution in [0, 0.1) is 13.8 Å². The van der Waals surface area contributed by atoms with Crippen LogP contribution in [0.3, 0.4) is 0 Å². The van der Waals surface area contributed by atoms with Gasteiger partial charge in [-0.1, -0.05) is 53.0 Å². The second-order valence-electron chi connectivity index (χ2n) is 5.95. The maximum atomic E-state index is 12.7. The molecule has 0 radical (unpaired) electrons. The highest BCUT2D eigenvalue weighted by atomic mass is 35.5. The maximum absolute atomic E-state index is 12.7. The van der Waals surface area contributed by atoms with Gasteiger partial charge in [-0.05, 0) is 49.7 Å². The number of aromatic nitrogens is 1. The summed E-state index contributed by atoms with van der Waals surface area (Å²) in [4.78, 5) is 4.30. The monoisotopic (exact) mass is 440 g/mol. The quantitative estimate of drug-likeness (QED) is 0.530. The molecule has 8 heteroatoms. The number of anilines is 1. The molecule has 0 aliphatic rings. The maximum Gasteiger partial charge on any atom is 0.264 e. The summed E-state index contributed by atoms with van der Waals surface area (Å²) in [6.45, 7) is 3.49. The number of rotatable bonds is 4. The van der Waals surface area contributed by atoms with Crippen LogP contribution in [0.4, 0.5) is 5.82 Å². The number of benzene rings is 2. The Bertz CT molecular complexity index is 1130. The molecular formula is C19H15Cl3N2O2S. The molecule has 4 nitrogen and oxygen atoms in total. The zero-order chi connectivity index (χ0) is 19.8. The van der Waals surface area contributed by atoms with Crippen molar-refractivity contribution in [3.05, 3.63) is 74.9 Å². The molecule has 0 unspecified atom stereocenters. The topological polar surface area (TPSA) is 59.1 Å². The summed E-state index contributed by atoms with van der Waals surface area (Å²) in [6, 6.07) is 13.6. The van der Waals surface area contributed by atoms with Crippen LogP contribution >= 0.6 is 34.8 Å². The molecular weight excluding hydrogens is 427 g/mol. The van der Waals surface area contributed by atoms with Gasteiger partial charge in [0, 0.05) is 26.9 Å². The first kappa shape index (κ1) is 20.0. The lowest BCUT2D eigenvalue weighted by Crippen LogP contribution is -2.15. The number of halogens is 3. The summed E-state index contributed by atoms with van der Waals surface area (Å²) in [5.41, 5.74) is 2.90. The number of pyridine rings is 1. The third kappa shape index (κ3) is 4.22. The number of nitrogens with one attached hydrogen (secondary N) is 1. The van der Waals surface area contributed by atoms with Crippen molar-refractivity contribution in [2.75, 3.05) is 4.72 Å². The first-order chi connectivity index (χ1) is 12.7. The Labute approximate surface area is 173 Å². The summed E-state index contributed by atoms with van der Waals surface area (Å²) in [5.74, 6) is 0.187. The second kappa shape index (κ2) is 7.68. The van der Waals surface area contributed by atoms with E-state index in [1.807, 2.05) is 18.2 Å². The number of sulfonamides is 1. The average Bonchev–Trinajstić information content (AvgIpc) is 2.59. The lowest BCUT2D eigenvalue weighted by Gasteiger charge is -2.13. The standard InChI is InChI=1S/C19H15Cl3N2O2S/c1-11-9-18(17(22)10-16(11)21)27(25,26)24-19-8-7-13(12(2)23-19)14-5-3-4-6-15(14)20/h3-10H,1-2H3,(H,23,24). The minimum absolute atomic E-state index is 0.0440. The van der Waals surface area contributed by atoms with Crippen molar-refractivity contribution >= 4 is 50.6 Å². The van der Waals surface area contributed by atoms with Gasteiger partial charge in [0.25, 0.3) is 10.0 Å². The second-order valence-corrected chi connectivity index (χ2v) is 8.82. The molecule has 3 rings (SSSR count). The SMILES string of the molecule is Cc1cc(S(=O)(=O)Nc2ccc(-c3ccccc3Cl)c(C)n2)c(Cl)cc1Cl. The van der Waals surface area contributed by atoms with E-state index in [0.29, 0.717) is 21.3 Å². The van der Waals surface area contributed by atoms with Gasteiger partial charge in [-0.2, -0.15) is 0 Å². The summed E-state index contributed by atoms with van der Waals surface area (Å²) in [6.07, 6.45) is 0. The first-order valence-corrected chi connectivity index (χ1v) is 10.5. The van der Waals surface area contributed by atoms with E-state index in [4.69, 9.17) is 34.8 Å². The Morgan fingerprint density at radius 3 is 2.22 bits per heavy atom. The van der Waals surface area contributed by atoms with Crippen LogP contribution in [0.25, 0.3) is 11.1 Å². The summed E-state index contributed by atoms with van der Waals surface area (Å²) < 4.78 is 27.9. The zero-order valence-electron chi connectivity index (χ0n) is 14.4. The molecule has 3 aromatic rings. The van der Waals surface area contributed by atoms with Gasteiger partial charge in [-0.15, -0.1) is 0 Å². The molecule has 0 bridgehead atoms. The largest absolute Gasteiger partial charge is 0.264 e. The van der Waals surface area contributed by atoms with Gasteiger partial charge in [0.05, 0.1) is 5.02 Å². The fourth-order valence-corrected chi connectivity index (χ4v) is 4.68. The lowest BCUT2D eigenvalue weighted by atomic mass is 10.0. The van der Waals surface area contributed by atoms with Crippen molar-refractivity contribution in [2.45, 2.75) is 18.7 Å². The minimum atomic E-state index is -3.91. The van der Waals surface area contributed by atoms with Crippen LogP contribution in [0.1, 0.15) is 11.3 Å². The Morgan fingerprint density at radius 2 is 1.56 bits per heavy atom. The molecule has 1 aromatic heterocycles. The van der Waals surface area contributed by atoms with Gasteiger partial charge in [-0.3, -0.25) is 4.72 Å². The molecule has 1 N–H and O–H groups in total. The van der Waals surface area contributed by atoms with E-state index in [9.17, 15) is 8.42 Å². The van der Waals surface area contributed by atoms with Crippen LogP contribution in [0.15, 0.2) is 53.4 Å². The van der Waals surface area contributed by atoms with Gasteiger partial charge >= 0.3 is 0 Å². The fraction of sp³-hybridized carbons (Fsp3) is 0.105. The van der Waals surface area contributed by atoms with Crippen molar-refractivity contribution in [3.8, 4) is 11.1 Å². The molecule has 140 valence electrons. The van der Waals surface area contributed by atoms with E-state index in [-0.39, 0.29) is 15.7 Å². The van der Waals surface area contributed by atoms with Crippen LogP contribution in [0.2, 0.25) is 15.1 Å². The molecule has 0 aliphatic carbocycles. The van der Waals surface area contributed by atoms with Gasteiger partial charge < -0.3 is 0 Å². The number of hydrogen-bond donors (Lipinski definition) is 1. The van der Waals surface area contributed by atoms with Gasteiger partial charge in [0.1, 0.15) is 10.7 Å². The van der Waals surface area contributed by atoms with Crippen molar-refractivity contribution in [2.24, 2.45) is 0 Å². The van der Waals surface area contributed by atoms with Gasteiger partial charge in [0.2, 0.25) is 0 Å². The van der Waals surface area contributed by atoms with E-state index < -0.39 is 10.0 Å². The molecule has 0 atom stereocenters. The third-order valence-electron chi connectivity index (χ3n) is 3.99. The zero-order valence-corrected chi connectivity index (χ0v) is 17.5. The smallest absolute Gasteiger partial charge is 0.263 e. The molecule has 0 aliphatic heterocycles. The predicted octanol–water partition coefficient (Wildman–Crippen LogP) is 6.13. The highest BCUT2D eigenvalue weighted by Crippen LogP contribution is 2.32. The normalized spacial score (nSPS) is 11.4. The summed E-state index contributed by atoms with van der Waals surface area (Å²) in [7, 11) is -3.91. The van der Waals surface area contributed by atoms with Crippen LogP contribution in [0.5, 0.6) is 0 Å². The minimum Gasteiger partial charge on any atom is -0.263 e. The van der Waals surface area contributed by atoms with Crippen LogP contribution in [-0.4, -0.2) is 13.4 Å². The number of nitrogens with zero attached hydrogens (tertiary/aromatic N) is 1. The predicted molar refractivity (Wildman–Crippen MR) is 111 cm³/mol. The van der Waals surface area contributed by atoms with E-state index in [2.05, 4.69) is 9.71 Å². The van der Waals surface area contributed by atoms with Crippen molar-refractivity contribution in [1.29, 1.82) is 0 Å². The Hall–Kier alpha value is -1.79. The molecule has 2 aromatic carbocycles. The fourth-order valence-electron chi connectivity index (χ4n) is 2.61. The number of hydrogen-bond acceptors (Lipinski definition) is 3. The summed E-state index contributed by atoms with van der Waals surface area (Å²) >= 11 is 18.3. The Kier molecular flexibility index (Phi) is 5.68. The van der Waals surface area contributed by atoms with E-state index >= 15 is 0 Å². The highest BCUT2D eigenvalue weighted by Gasteiger charge is 2.20. The van der Waals surface area contributed by atoms with Crippen molar-refractivity contribution in [1.82, 2.24) is 4.98 Å². The van der Waals surface area contributed by atoms with Crippen molar-refractivity contribution < 1.29 is 8.42 Å². The first-order valence-electron chi connectivity index (χ1n) is 7.90. The highest BCUT2D eigenvalue weighted by molar-refractivity contribution is 7.92. The molecule has 0 spiro atoms. The van der Waals surface area contributed by atoms with Crippen LogP contribution in [-0.2, 0) is 10.0 Å². The molecule has 0 saturated heterocycles. The molecule has 0 amide bonds. The third-order valence-corrected chi connectivity index (χ3v) is 6.55. The lowest BCUT2D eigenvalue weighted by molar-refractivity contribution is 0.601. The number of aryl methyl sites for hydroxylation is 2. The molecule has 0 saturated carbocycles. The Balaban J connectivity index is 1.96. The van der Waals surface area contributed by atoms with E-state index in [1.54, 1.807) is 32.0 Å². The molecule has 0 fully saturated rings.